The smallest absolute Gasteiger partial charge is 0.192 e. The number of ketones is 1. The Labute approximate surface area is 139 Å². The maximum Gasteiger partial charge on any atom is 0.192 e. The Bertz CT molecular complexity index is 641. The van der Waals surface area contributed by atoms with Crippen LogP contribution in [0.15, 0.2) is 34.4 Å². The number of halogens is 1. The highest BCUT2D eigenvalue weighted by Gasteiger charge is 2.25. The number of nitrogens with zero attached hydrogens (tertiary/aromatic N) is 2. The number of carbonyl (C=O) groups is 1. The lowest BCUT2D eigenvalue weighted by Crippen LogP contribution is -2.26. The first-order valence-electron chi connectivity index (χ1n) is 7.23. The number of rotatable bonds is 5. The maximum atomic E-state index is 12.5. The average molecular weight is 337 g/mol. The standard InChI is InChI=1S/C16H17ClN2O2S/c1-21-15-6-5-12(17)7-13(15)14(20)8-16-19(18-10-22-16)9-11-3-2-4-11/h5-8,10-11H,2-4,9H2,1H3/b16-8-. The molecule has 0 bridgehead atoms. The molecule has 0 saturated heterocycles. The topological polar surface area (TPSA) is 41.9 Å². The maximum absolute atomic E-state index is 12.5. The van der Waals surface area contributed by atoms with E-state index in [9.17, 15) is 4.79 Å². The molecule has 1 saturated carbocycles. The van der Waals surface area contributed by atoms with Gasteiger partial charge in [0, 0.05) is 17.6 Å². The van der Waals surface area contributed by atoms with Gasteiger partial charge in [-0.1, -0.05) is 29.8 Å². The Morgan fingerprint density at radius 3 is 3.05 bits per heavy atom. The molecular weight excluding hydrogens is 320 g/mol. The summed E-state index contributed by atoms with van der Waals surface area (Å²) in [5, 5.41) is 7.64. The van der Waals surface area contributed by atoms with E-state index in [2.05, 4.69) is 5.10 Å². The van der Waals surface area contributed by atoms with E-state index in [4.69, 9.17) is 16.3 Å². The SMILES string of the molecule is COc1ccc(Cl)cc1C(=O)/C=C1\SC=NN1CC1CCC1. The number of hydrogen-bond acceptors (Lipinski definition) is 5. The van der Waals surface area contributed by atoms with Crippen LogP contribution in [-0.2, 0) is 0 Å². The molecule has 2 aliphatic rings. The molecule has 1 aromatic rings. The van der Waals surface area contributed by atoms with Gasteiger partial charge in [0.15, 0.2) is 5.78 Å². The van der Waals surface area contributed by atoms with Gasteiger partial charge in [-0.2, -0.15) is 5.10 Å². The zero-order valence-electron chi connectivity index (χ0n) is 12.3. The zero-order valence-corrected chi connectivity index (χ0v) is 13.9. The largest absolute Gasteiger partial charge is 0.496 e. The van der Waals surface area contributed by atoms with E-state index in [1.165, 1.54) is 31.0 Å². The van der Waals surface area contributed by atoms with Gasteiger partial charge >= 0.3 is 0 Å². The molecule has 0 atom stereocenters. The molecule has 0 aromatic heterocycles. The number of ether oxygens (including phenoxy) is 1. The predicted molar refractivity (Wildman–Crippen MR) is 90.5 cm³/mol. The molecule has 0 N–H and O–H groups in total. The first-order chi connectivity index (χ1) is 10.7. The molecule has 0 unspecified atom stereocenters. The van der Waals surface area contributed by atoms with Crippen LogP contribution in [0.1, 0.15) is 29.6 Å². The summed E-state index contributed by atoms with van der Waals surface area (Å²) in [6.45, 7) is 0.884. The highest BCUT2D eigenvalue weighted by molar-refractivity contribution is 8.15. The first-order valence-corrected chi connectivity index (χ1v) is 8.49. The molecule has 1 aliphatic carbocycles. The predicted octanol–water partition coefficient (Wildman–Crippen LogP) is 4.16. The second-order valence-electron chi connectivity index (χ2n) is 5.41. The third-order valence-electron chi connectivity index (χ3n) is 3.95. The van der Waals surface area contributed by atoms with Crippen LogP contribution in [0.5, 0.6) is 5.75 Å². The summed E-state index contributed by atoms with van der Waals surface area (Å²) in [5.74, 6) is 1.10. The third-order valence-corrected chi connectivity index (χ3v) is 4.96. The summed E-state index contributed by atoms with van der Waals surface area (Å²) < 4.78 is 5.24. The minimum atomic E-state index is -0.119. The summed E-state index contributed by atoms with van der Waals surface area (Å²) in [5.41, 5.74) is 2.24. The summed E-state index contributed by atoms with van der Waals surface area (Å²) in [6, 6.07) is 5.05. The molecular formula is C16H17ClN2O2S. The fourth-order valence-electron chi connectivity index (χ4n) is 2.48. The average Bonchev–Trinajstić information content (AvgIpc) is 2.90. The van der Waals surface area contributed by atoms with Crippen LogP contribution in [0, 0.1) is 5.92 Å². The van der Waals surface area contributed by atoms with Crippen molar-refractivity contribution in [3.63, 3.8) is 0 Å². The fourth-order valence-corrected chi connectivity index (χ4v) is 3.34. The van der Waals surface area contributed by atoms with Crippen molar-refractivity contribution >= 4 is 34.7 Å². The van der Waals surface area contributed by atoms with Crippen molar-refractivity contribution in [2.75, 3.05) is 13.7 Å². The van der Waals surface area contributed by atoms with Crippen molar-refractivity contribution < 1.29 is 9.53 Å². The van der Waals surface area contributed by atoms with E-state index in [1.807, 2.05) is 5.01 Å². The highest BCUT2D eigenvalue weighted by Crippen LogP contribution is 2.33. The van der Waals surface area contributed by atoms with E-state index in [1.54, 1.807) is 36.9 Å². The summed E-state index contributed by atoms with van der Waals surface area (Å²) in [4.78, 5) is 12.5. The van der Waals surface area contributed by atoms with Crippen molar-refractivity contribution in [3.05, 3.63) is 39.9 Å². The molecule has 1 aliphatic heterocycles. The van der Waals surface area contributed by atoms with Crippen molar-refractivity contribution in [3.8, 4) is 5.75 Å². The van der Waals surface area contributed by atoms with Gasteiger partial charge in [-0.15, -0.1) is 0 Å². The lowest BCUT2D eigenvalue weighted by Gasteiger charge is -2.29. The summed E-state index contributed by atoms with van der Waals surface area (Å²) >= 11 is 7.46. The molecule has 1 aromatic carbocycles. The van der Waals surface area contributed by atoms with Crippen LogP contribution in [0.2, 0.25) is 5.02 Å². The van der Waals surface area contributed by atoms with E-state index in [0.29, 0.717) is 22.3 Å². The lowest BCUT2D eigenvalue weighted by atomic mass is 9.85. The summed E-state index contributed by atoms with van der Waals surface area (Å²) in [6.07, 6.45) is 5.41. The quantitative estimate of drug-likeness (QED) is 0.598. The fraction of sp³-hybridized carbons (Fsp3) is 0.375. The lowest BCUT2D eigenvalue weighted by molar-refractivity contribution is 0.104. The molecule has 0 spiro atoms. The molecule has 6 heteroatoms. The van der Waals surface area contributed by atoms with Crippen molar-refractivity contribution in [1.82, 2.24) is 5.01 Å². The number of hydrogen-bond donors (Lipinski definition) is 0. The van der Waals surface area contributed by atoms with E-state index >= 15 is 0 Å². The van der Waals surface area contributed by atoms with Crippen LogP contribution in [0.4, 0.5) is 0 Å². The van der Waals surface area contributed by atoms with E-state index in [0.717, 1.165) is 11.6 Å². The van der Waals surface area contributed by atoms with Gasteiger partial charge in [0.2, 0.25) is 0 Å². The molecule has 1 fully saturated rings. The number of carbonyl (C=O) groups excluding carboxylic acids is 1. The Morgan fingerprint density at radius 1 is 1.55 bits per heavy atom. The van der Waals surface area contributed by atoms with Crippen LogP contribution in [0.3, 0.4) is 0 Å². The Morgan fingerprint density at radius 2 is 2.36 bits per heavy atom. The number of methoxy groups -OCH3 is 1. The normalized spacial score (nSPS) is 19.5. The van der Waals surface area contributed by atoms with Crippen molar-refractivity contribution in [1.29, 1.82) is 0 Å². The van der Waals surface area contributed by atoms with E-state index < -0.39 is 0 Å². The van der Waals surface area contributed by atoms with Gasteiger partial charge in [-0.05, 0) is 37.0 Å². The Kier molecular flexibility index (Phi) is 4.74. The first kappa shape index (κ1) is 15.4. The van der Waals surface area contributed by atoms with Gasteiger partial charge in [0.25, 0.3) is 0 Å². The summed E-state index contributed by atoms with van der Waals surface area (Å²) in [7, 11) is 1.55. The third kappa shape index (κ3) is 3.31. The van der Waals surface area contributed by atoms with Gasteiger partial charge in [-0.3, -0.25) is 9.80 Å². The molecule has 0 radical (unpaired) electrons. The molecule has 22 heavy (non-hydrogen) atoms. The molecule has 4 nitrogen and oxygen atoms in total. The molecule has 3 rings (SSSR count). The zero-order chi connectivity index (χ0) is 15.5. The van der Waals surface area contributed by atoms with Gasteiger partial charge in [-0.25, -0.2) is 0 Å². The van der Waals surface area contributed by atoms with Crippen LogP contribution in [0.25, 0.3) is 0 Å². The highest BCUT2D eigenvalue weighted by atomic mass is 35.5. The minimum Gasteiger partial charge on any atom is -0.496 e. The van der Waals surface area contributed by atoms with Crippen LogP contribution in [-0.4, -0.2) is 30.0 Å². The Hall–Kier alpha value is -1.46. The number of allylic oxidation sites excluding steroid dienone is 1. The molecule has 116 valence electrons. The van der Waals surface area contributed by atoms with Crippen LogP contribution >= 0.6 is 23.4 Å². The van der Waals surface area contributed by atoms with Gasteiger partial charge < -0.3 is 4.74 Å². The Balaban J connectivity index is 1.78. The van der Waals surface area contributed by atoms with Crippen molar-refractivity contribution in [2.24, 2.45) is 11.0 Å². The number of thioether (sulfide) groups is 1. The molecule has 0 amide bonds. The van der Waals surface area contributed by atoms with E-state index in [-0.39, 0.29) is 5.78 Å². The number of hydrazone groups is 1. The van der Waals surface area contributed by atoms with Gasteiger partial charge in [0.05, 0.1) is 18.2 Å². The minimum absolute atomic E-state index is 0.119. The number of benzene rings is 1. The van der Waals surface area contributed by atoms with Crippen LogP contribution < -0.4 is 4.74 Å². The monoisotopic (exact) mass is 336 g/mol. The second-order valence-corrected chi connectivity index (χ2v) is 6.71. The van der Waals surface area contributed by atoms with Gasteiger partial charge in [0.1, 0.15) is 10.8 Å². The second kappa shape index (κ2) is 6.75. The van der Waals surface area contributed by atoms with Crippen molar-refractivity contribution in [2.45, 2.75) is 19.3 Å². The molecule has 1 heterocycles.